The number of carbonyl (C=O) groups is 2. The van der Waals surface area contributed by atoms with E-state index in [1.165, 1.54) is 6.20 Å². The van der Waals surface area contributed by atoms with Gasteiger partial charge >= 0.3 is 0 Å². The van der Waals surface area contributed by atoms with E-state index in [1.54, 1.807) is 35.2 Å². The summed E-state index contributed by atoms with van der Waals surface area (Å²) < 4.78 is 0. The molecule has 0 aliphatic carbocycles. The lowest BCUT2D eigenvalue weighted by molar-refractivity contribution is -0.121. The predicted molar refractivity (Wildman–Crippen MR) is 103 cm³/mol. The van der Waals surface area contributed by atoms with Crippen molar-refractivity contribution in [3.8, 4) is 0 Å². The maximum absolute atomic E-state index is 12.6. The molecule has 2 heterocycles. The molecule has 136 valence electrons. The molecule has 1 aliphatic heterocycles. The second-order valence-electron chi connectivity index (χ2n) is 6.08. The zero-order valence-corrected chi connectivity index (χ0v) is 16.0. The quantitative estimate of drug-likeness (QED) is 0.805. The molecule has 0 atom stereocenters. The standard InChI is InChI=1S/C18H16Cl3N3O2/c19-13-1-2-16(22-10-13)23-17(25)11-3-5-24(6-4-11)18(26)12-7-14(20)9-15(21)8-12/h1-2,7-11H,3-6H2,(H,22,23,25). The Bertz CT molecular complexity index is 799. The molecule has 3 rings (SSSR count). The lowest BCUT2D eigenvalue weighted by Crippen LogP contribution is -2.41. The zero-order chi connectivity index (χ0) is 18.7. The highest BCUT2D eigenvalue weighted by Crippen LogP contribution is 2.24. The molecule has 5 nitrogen and oxygen atoms in total. The highest BCUT2D eigenvalue weighted by molar-refractivity contribution is 6.35. The Morgan fingerprint density at radius 2 is 1.65 bits per heavy atom. The molecule has 1 aliphatic rings. The van der Waals surface area contributed by atoms with Crippen molar-refractivity contribution in [2.45, 2.75) is 12.8 Å². The number of aromatic nitrogens is 1. The summed E-state index contributed by atoms with van der Waals surface area (Å²) in [7, 11) is 0. The van der Waals surface area contributed by atoms with Gasteiger partial charge in [-0.2, -0.15) is 0 Å². The van der Waals surface area contributed by atoms with Crippen LogP contribution in [0, 0.1) is 5.92 Å². The summed E-state index contributed by atoms with van der Waals surface area (Å²) in [6, 6.07) is 8.10. The Labute approximate surface area is 166 Å². The molecule has 0 saturated carbocycles. The zero-order valence-electron chi connectivity index (χ0n) is 13.7. The van der Waals surface area contributed by atoms with Crippen LogP contribution in [-0.4, -0.2) is 34.8 Å². The average Bonchev–Trinajstić information content (AvgIpc) is 2.62. The first-order valence-electron chi connectivity index (χ1n) is 8.10. The fraction of sp³-hybridized carbons (Fsp3) is 0.278. The number of rotatable bonds is 3. The molecule has 0 unspecified atom stereocenters. The number of amides is 2. The summed E-state index contributed by atoms with van der Waals surface area (Å²) in [5.41, 5.74) is 0.454. The van der Waals surface area contributed by atoms with Gasteiger partial charge in [0.15, 0.2) is 0 Å². The van der Waals surface area contributed by atoms with Crippen LogP contribution in [0.5, 0.6) is 0 Å². The minimum absolute atomic E-state index is 0.0993. The third kappa shape index (κ3) is 4.67. The van der Waals surface area contributed by atoms with Crippen LogP contribution in [0.4, 0.5) is 5.82 Å². The number of halogens is 3. The van der Waals surface area contributed by atoms with Gasteiger partial charge in [-0.05, 0) is 43.2 Å². The lowest BCUT2D eigenvalue weighted by atomic mass is 9.95. The monoisotopic (exact) mass is 411 g/mol. The van der Waals surface area contributed by atoms with E-state index >= 15 is 0 Å². The van der Waals surface area contributed by atoms with E-state index in [0.717, 1.165) is 0 Å². The van der Waals surface area contributed by atoms with Crippen LogP contribution in [0.1, 0.15) is 23.2 Å². The summed E-state index contributed by atoms with van der Waals surface area (Å²) in [6.07, 6.45) is 2.65. The van der Waals surface area contributed by atoms with Crippen LogP contribution in [0.3, 0.4) is 0 Å². The van der Waals surface area contributed by atoms with E-state index in [1.807, 2.05) is 0 Å². The Kier molecular flexibility index (Phi) is 6.01. The first kappa shape index (κ1) is 19.0. The number of carbonyl (C=O) groups excluding carboxylic acids is 2. The highest BCUT2D eigenvalue weighted by atomic mass is 35.5. The fourth-order valence-electron chi connectivity index (χ4n) is 2.88. The molecular weight excluding hydrogens is 397 g/mol. The van der Waals surface area contributed by atoms with Gasteiger partial charge in [-0.1, -0.05) is 34.8 Å². The number of nitrogens with zero attached hydrogens (tertiary/aromatic N) is 2. The van der Waals surface area contributed by atoms with Crippen LogP contribution < -0.4 is 5.32 Å². The van der Waals surface area contributed by atoms with E-state index < -0.39 is 0 Å². The van der Waals surface area contributed by atoms with Crippen LogP contribution in [-0.2, 0) is 4.79 Å². The van der Waals surface area contributed by atoms with Gasteiger partial charge in [0.05, 0.1) is 5.02 Å². The molecule has 1 aromatic carbocycles. The summed E-state index contributed by atoms with van der Waals surface area (Å²) >= 11 is 17.7. The summed E-state index contributed by atoms with van der Waals surface area (Å²) in [6.45, 7) is 0.990. The minimum atomic E-state index is -0.167. The molecule has 8 heteroatoms. The number of nitrogens with one attached hydrogen (secondary N) is 1. The number of hydrogen-bond acceptors (Lipinski definition) is 3. The third-order valence-corrected chi connectivity index (χ3v) is 4.90. The molecule has 26 heavy (non-hydrogen) atoms. The maximum atomic E-state index is 12.6. The molecule has 1 N–H and O–H groups in total. The molecule has 1 aromatic heterocycles. The molecule has 1 fully saturated rings. The van der Waals surface area contributed by atoms with Crippen molar-refractivity contribution in [1.29, 1.82) is 0 Å². The largest absolute Gasteiger partial charge is 0.339 e. The molecule has 0 bridgehead atoms. The smallest absolute Gasteiger partial charge is 0.253 e. The normalized spacial score (nSPS) is 15.0. The van der Waals surface area contributed by atoms with Crippen LogP contribution in [0.15, 0.2) is 36.5 Å². The van der Waals surface area contributed by atoms with Gasteiger partial charge in [0.25, 0.3) is 5.91 Å². The van der Waals surface area contributed by atoms with Crippen molar-refractivity contribution in [3.05, 3.63) is 57.2 Å². The fourth-order valence-corrected chi connectivity index (χ4v) is 3.52. The van der Waals surface area contributed by atoms with Crippen LogP contribution in [0.2, 0.25) is 15.1 Å². The Morgan fingerprint density at radius 3 is 2.23 bits per heavy atom. The minimum Gasteiger partial charge on any atom is -0.339 e. The second-order valence-corrected chi connectivity index (χ2v) is 7.38. The molecule has 0 radical (unpaired) electrons. The predicted octanol–water partition coefficient (Wildman–Crippen LogP) is 4.53. The lowest BCUT2D eigenvalue weighted by Gasteiger charge is -2.31. The highest BCUT2D eigenvalue weighted by Gasteiger charge is 2.28. The molecular formula is C18H16Cl3N3O2. The van der Waals surface area contributed by atoms with Crippen LogP contribution >= 0.6 is 34.8 Å². The van der Waals surface area contributed by atoms with Crippen LogP contribution in [0.25, 0.3) is 0 Å². The van der Waals surface area contributed by atoms with E-state index in [2.05, 4.69) is 10.3 Å². The summed E-state index contributed by atoms with van der Waals surface area (Å²) in [5.74, 6) is 0.0660. The summed E-state index contributed by atoms with van der Waals surface area (Å²) in [5, 5.41) is 4.14. The maximum Gasteiger partial charge on any atom is 0.253 e. The van der Waals surface area contributed by atoms with Gasteiger partial charge in [-0.25, -0.2) is 4.98 Å². The first-order valence-corrected chi connectivity index (χ1v) is 9.23. The van der Waals surface area contributed by atoms with Gasteiger partial charge in [0, 0.05) is 40.8 Å². The van der Waals surface area contributed by atoms with Crippen molar-refractivity contribution in [1.82, 2.24) is 9.88 Å². The molecule has 2 amide bonds. The Hall–Kier alpha value is -1.82. The Morgan fingerprint density at radius 1 is 1.00 bits per heavy atom. The number of pyridine rings is 1. The van der Waals surface area contributed by atoms with Gasteiger partial charge in [-0.15, -0.1) is 0 Å². The van der Waals surface area contributed by atoms with Crippen molar-refractivity contribution in [3.63, 3.8) is 0 Å². The number of benzene rings is 1. The molecule has 0 spiro atoms. The molecule has 2 aromatic rings. The average molecular weight is 413 g/mol. The summed E-state index contributed by atoms with van der Waals surface area (Å²) in [4.78, 5) is 30.7. The van der Waals surface area contributed by atoms with E-state index in [-0.39, 0.29) is 17.7 Å². The van der Waals surface area contributed by atoms with Crippen molar-refractivity contribution >= 4 is 52.4 Å². The number of anilines is 1. The van der Waals surface area contributed by atoms with Gasteiger partial charge in [0.2, 0.25) is 5.91 Å². The van der Waals surface area contributed by atoms with E-state index in [4.69, 9.17) is 34.8 Å². The first-order chi connectivity index (χ1) is 12.4. The SMILES string of the molecule is O=C(Nc1ccc(Cl)cn1)C1CCN(C(=O)c2cc(Cl)cc(Cl)c2)CC1. The van der Waals surface area contributed by atoms with E-state index in [9.17, 15) is 9.59 Å². The third-order valence-electron chi connectivity index (χ3n) is 4.24. The topological polar surface area (TPSA) is 62.3 Å². The van der Waals surface area contributed by atoms with Gasteiger partial charge in [-0.3, -0.25) is 9.59 Å². The number of hydrogen-bond donors (Lipinski definition) is 1. The van der Waals surface area contributed by atoms with E-state index in [0.29, 0.717) is 52.4 Å². The van der Waals surface area contributed by atoms with Gasteiger partial charge in [0.1, 0.15) is 5.82 Å². The van der Waals surface area contributed by atoms with Crippen molar-refractivity contribution in [2.24, 2.45) is 5.92 Å². The second kappa shape index (κ2) is 8.25. The number of likely N-dealkylation sites (tertiary alicyclic amines) is 1. The van der Waals surface area contributed by atoms with Crippen molar-refractivity contribution < 1.29 is 9.59 Å². The number of piperidine rings is 1. The van der Waals surface area contributed by atoms with Gasteiger partial charge < -0.3 is 10.2 Å². The van der Waals surface area contributed by atoms with Crippen molar-refractivity contribution in [2.75, 3.05) is 18.4 Å². The molecule has 1 saturated heterocycles. The Balaban J connectivity index is 1.57.